The number of benzene rings is 1. The Bertz CT molecular complexity index is 520. The van der Waals surface area contributed by atoms with E-state index >= 15 is 0 Å². The van der Waals surface area contributed by atoms with Gasteiger partial charge >= 0.3 is 0 Å². The molecule has 0 heterocycles. The lowest BCUT2D eigenvalue weighted by atomic mass is 10.2. The molecule has 5 heteroatoms. The van der Waals surface area contributed by atoms with E-state index in [9.17, 15) is 8.42 Å². The molecule has 120 valence electrons. The Morgan fingerprint density at radius 3 is 2.05 bits per heavy atom. The molecular weight excluding hydrogens is 284 g/mol. The van der Waals surface area contributed by atoms with Crippen LogP contribution < -0.4 is 5.32 Å². The molecule has 0 aliphatic rings. The Hall–Kier alpha value is -0.910. The van der Waals surface area contributed by atoms with Crippen molar-refractivity contribution in [1.29, 1.82) is 0 Å². The second-order valence-electron chi connectivity index (χ2n) is 5.67. The van der Waals surface area contributed by atoms with Crippen LogP contribution in [-0.2, 0) is 16.6 Å². The van der Waals surface area contributed by atoms with Crippen LogP contribution in [0.2, 0.25) is 0 Å². The van der Waals surface area contributed by atoms with Crippen molar-refractivity contribution < 1.29 is 8.42 Å². The molecule has 0 aromatic heterocycles. The number of hydrogen-bond acceptors (Lipinski definition) is 3. The average Bonchev–Trinajstić information content (AvgIpc) is 2.46. The third kappa shape index (κ3) is 4.80. The van der Waals surface area contributed by atoms with Crippen LogP contribution in [0.5, 0.6) is 0 Å². The van der Waals surface area contributed by atoms with Crippen molar-refractivity contribution in [3.8, 4) is 0 Å². The van der Waals surface area contributed by atoms with Gasteiger partial charge in [-0.15, -0.1) is 0 Å². The normalized spacial score (nSPS) is 12.6. The summed E-state index contributed by atoms with van der Waals surface area (Å²) in [7, 11) is -1.73. The van der Waals surface area contributed by atoms with Crippen molar-refractivity contribution >= 4 is 10.0 Å². The molecule has 0 aliphatic carbocycles. The molecule has 1 aromatic rings. The SMILES string of the molecule is CCC(CC)N(C)S(=O)(=O)c1ccc(CNC(C)C)cc1. The molecule has 0 fully saturated rings. The molecule has 0 spiro atoms. The Labute approximate surface area is 129 Å². The molecule has 0 unspecified atom stereocenters. The van der Waals surface area contributed by atoms with Gasteiger partial charge in [0.1, 0.15) is 0 Å². The van der Waals surface area contributed by atoms with E-state index in [1.165, 1.54) is 4.31 Å². The minimum atomic E-state index is -3.40. The summed E-state index contributed by atoms with van der Waals surface area (Å²) in [6.07, 6.45) is 1.64. The summed E-state index contributed by atoms with van der Waals surface area (Å²) in [6, 6.07) is 7.62. The van der Waals surface area contributed by atoms with Gasteiger partial charge in [-0.25, -0.2) is 8.42 Å². The van der Waals surface area contributed by atoms with Crippen molar-refractivity contribution in [2.75, 3.05) is 7.05 Å². The third-order valence-corrected chi connectivity index (χ3v) is 5.70. The van der Waals surface area contributed by atoms with E-state index in [0.29, 0.717) is 10.9 Å². The molecule has 0 radical (unpaired) electrons. The van der Waals surface area contributed by atoms with Crippen LogP contribution in [0.4, 0.5) is 0 Å². The molecule has 21 heavy (non-hydrogen) atoms. The molecule has 0 saturated heterocycles. The number of sulfonamides is 1. The van der Waals surface area contributed by atoms with Gasteiger partial charge in [-0.2, -0.15) is 4.31 Å². The first kappa shape index (κ1) is 18.1. The highest BCUT2D eigenvalue weighted by Crippen LogP contribution is 2.20. The molecule has 0 bridgehead atoms. The second kappa shape index (κ2) is 7.92. The first-order chi connectivity index (χ1) is 9.82. The van der Waals surface area contributed by atoms with E-state index in [-0.39, 0.29) is 6.04 Å². The number of nitrogens with zero attached hydrogens (tertiary/aromatic N) is 1. The summed E-state index contributed by atoms with van der Waals surface area (Å²) in [4.78, 5) is 0.366. The van der Waals surface area contributed by atoms with Gasteiger partial charge in [-0.1, -0.05) is 39.8 Å². The topological polar surface area (TPSA) is 49.4 Å². The Morgan fingerprint density at radius 2 is 1.62 bits per heavy atom. The van der Waals surface area contributed by atoms with Crippen molar-refractivity contribution in [2.24, 2.45) is 0 Å². The molecule has 0 amide bonds. The molecule has 0 aliphatic heterocycles. The smallest absolute Gasteiger partial charge is 0.243 e. The Balaban J connectivity index is 2.89. The van der Waals surface area contributed by atoms with Gasteiger partial charge in [0.05, 0.1) is 4.90 Å². The minimum absolute atomic E-state index is 0.0530. The highest BCUT2D eigenvalue weighted by Gasteiger charge is 2.25. The van der Waals surface area contributed by atoms with Crippen LogP contribution in [0.25, 0.3) is 0 Å². The lowest BCUT2D eigenvalue weighted by Crippen LogP contribution is -2.36. The molecule has 0 atom stereocenters. The summed E-state index contributed by atoms with van der Waals surface area (Å²) >= 11 is 0. The van der Waals surface area contributed by atoms with Gasteiger partial charge < -0.3 is 5.32 Å². The molecule has 1 rings (SSSR count). The summed E-state index contributed by atoms with van der Waals surface area (Å²) in [5.41, 5.74) is 1.09. The van der Waals surface area contributed by atoms with Crippen molar-refractivity contribution in [3.05, 3.63) is 29.8 Å². The lowest BCUT2D eigenvalue weighted by molar-refractivity contribution is 0.349. The number of hydrogen-bond donors (Lipinski definition) is 1. The van der Waals surface area contributed by atoms with Crippen LogP contribution >= 0.6 is 0 Å². The zero-order valence-electron chi connectivity index (χ0n) is 13.8. The summed E-state index contributed by atoms with van der Waals surface area (Å²) < 4.78 is 26.7. The van der Waals surface area contributed by atoms with Crippen LogP contribution in [-0.4, -0.2) is 31.9 Å². The van der Waals surface area contributed by atoms with E-state index in [1.54, 1.807) is 19.2 Å². The van der Waals surface area contributed by atoms with Gasteiger partial charge in [0.15, 0.2) is 0 Å². The van der Waals surface area contributed by atoms with Crippen LogP contribution in [0, 0.1) is 0 Å². The maximum atomic E-state index is 12.6. The minimum Gasteiger partial charge on any atom is -0.310 e. The summed E-state index contributed by atoms with van der Waals surface area (Å²) in [5, 5.41) is 3.32. The highest BCUT2D eigenvalue weighted by atomic mass is 32.2. The van der Waals surface area contributed by atoms with E-state index in [4.69, 9.17) is 0 Å². The van der Waals surface area contributed by atoms with Crippen molar-refractivity contribution in [1.82, 2.24) is 9.62 Å². The predicted octanol–water partition coefficient (Wildman–Crippen LogP) is 2.99. The van der Waals surface area contributed by atoms with Gasteiger partial charge in [0, 0.05) is 25.7 Å². The highest BCUT2D eigenvalue weighted by molar-refractivity contribution is 7.89. The van der Waals surface area contributed by atoms with E-state index < -0.39 is 10.0 Å². The fourth-order valence-corrected chi connectivity index (χ4v) is 3.77. The monoisotopic (exact) mass is 312 g/mol. The first-order valence-electron chi connectivity index (χ1n) is 7.63. The van der Waals surface area contributed by atoms with E-state index in [0.717, 1.165) is 24.9 Å². The number of nitrogens with one attached hydrogen (secondary N) is 1. The van der Waals surface area contributed by atoms with Crippen molar-refractivity contribution in [2.45, 2.75) is 64.1 Å². The molecule has 4 nitrogen and oxygen atoms in total. The fourth-order valence-electron chi connectivity index (χ4n) is 2.27. The van der Waals surface area contributed by atoms with E-state index in [1.807, 2.05) is 26.0 Å². The second-order valence-corrected chi connectivity index (χ2v) is 7.67. The zero-order chi connectivity index (χ0) is 16.0. The first-order valence-corrected chi connectivity index (χ1v) is 9.07. The van der Waals surface area contributed by atoms with Gasteiger partial charge in [0.2, 0.25) is 10.0 Å². The van der Waals surface area contributed by atoms with Gasteiger partial charge in [-0.05, 0) is 30.5 Å². The van der Waals surface area contributed by atoms with Crippen LogP contribution in [0.1, 0.15) is 46.1 Å². The maximum Gasteiger partial charge on any atom is 0.243 e. The fraction of sp³-hybridized carbons (Fsp3) is 0.625. The summed E-state index contributed by atoms with van der Waals surface area (Å²) in [5.74, 6) is 0. The Kier molecular flexibility index (Phi) is 6.84. The molecule has 1 N–H and O–H groups in total. The quantitative estimate of drug-likeness (QED) is 0.803. The largest absolute Gasteiger partial charge is 0.310 e. The molecular formula is C16H28N2O2S. The lowest BCUT2D eigenvalue weighted by Gasteiger charge is -2.25. The van der Waals surface area contributed by atoms with Gasteiger partial charge in [-0.3, -0.25) is 0 Å². The predicted molar refractivity (Wildman–Crippen MR) is 87.7 cm³/mol. The van der Waals surface area contributed by atoms with E-state index in [2.05, 4.69) is 19.2 Å². The average molecular weight is 312 g/mol. The standard InChI is InChI=1S/C16H28N2O2S/c1-6-15(7-2)18(5)21(19,20)16-10-8-14(9-11-16)12-17-13(3)4/h8-11,13,15,17H,6-7,12H2,1-5H3. The number of rotatable bonds is 8. The summed E-state index contributed by atoms with van der Waals surface area (Å²) in [6.45, 7) is 8.95. The zero-order valence-corrected chi connectivity index (χ0v) is 14.6. The molecule has 0 saturated carbocycles. The third-order valence-electron chi connectivity index (χ3n) is 3.77. The maximum absolute atomic E-state index is 12.6. The van der Waals surface area contributed by atoms with Crippen LogP contribution in [0.3, 0.4) is 0 Å². The van der Waals surface area contributed by atoms with Crippen LogP contribution in [0.15, 0.2) is 29.2 Å². The molecule has 1 aromatic carbocycles. The Morgan fingerprint density at radius 1 is 1.10 bits per heavy atom. The van der Waals surface area contributed by atoms with Gasteiger partial charge in [0.25, 0.3) is 0 Å². The van der Waals surface area contributed by atoms with Crippen molar-refractivity contribution in [3.63, 3.8) is 0 Å².